The van der Waals surface area contributed by atoms with Gasteiger partial charge < -0.3 is 10.1 Å². The van der Waals surface area contributed by atoms with E-state index in [1.165, 1.54) is 11.8 Å². The molecule has 0 saturated heterocycles. The predicted octanol–water partition coefficient (Wildman–Crippen LogP) is 2.86. The van der Waals surface area contributed by atoms with Crippen LogP contribution in [0.5, 0.6) is 5.75 Å². The topological polar surface area (TPSA) is 81.9 Å². The Morgan fingerprint density at radius 1 is 1.38 bits per heavy atom. The third-order valence-electron chi connectivity index (χ3n) is 3.34. The number of hydrogen-bond donors (Lipinski definition) is 1. The standard InChI is InChI=1S/C16H23N5O2S/c1-10-7-8-13(23-6)12(9-10)17-14(22)11(2)24-15-18-19-20-21(15)16(3,4)5/h7-9,11H,1-6H3,(H,17,22)/t11-/m1/s1. The van der Waals surface area contributed by atoms with Crippen LogP contribution < -0.4 is 10.1 Å². The number of aromatic nitrogens is 4. The highest BCUT2D eigenvalue weighted by atomic mass is 32.2. The van der Waals surface area contributed by atoms with Gasteiger partial charge in [0.15, 0.2) is 0 Å². The van der Waals surface area contributed by atoms with Gasteiger partial charge in [-0.3, -0.25) is 4.79 Å². The summed E-state index contributed by atoms with van der Waals surface area (Å²) >= 11 is 1.32. The van der Waals surface area contributed by atoms with E-state index >= 15 is 0 Å². The molecular formula is C16H23N5O2S. The Kier molecular flexibility index (Phi) is 5.48. The van der Waals surface area contributed by atoms with Crippen molar-refractivity contribution in [2.75, 3.05) is 12.4 Å². The highest BCUT2D eigenvalue weighted by molar-refractivity contribution is 8.00. The molecule has 1 atom stereocenters. The van der Waals surface area contributed by atoms with Crippen molar-refractivity contribution in [3.63, 3.8) is 0 Å². The number of methoxy groups -OCH3 is 1. The van der Waals surface area contributed by atoms with Crippen LogP contribution in [0, 0.1) is 6.92 Å². The fourth-order valence-electron chi connectivity index (χ4n) is 2.04. The van der Waals surface area contributed by atoms with Crippen molar-refractivity contribution in [3.05, 3.63) is 23.8 Å². The van der Waals surface area contributed by atoms with Crippen molar-refractivity contribution in [3.8, 4) is 5.75 Å². The third kappa shape index (κ3) is 4.25. The minimum Gasteiger partial charge on any atom is -0.495 e. The first-order valence-corrected chi connectivity index (χ1v) is 8.51. The van der Waals surface area contributed by atoms with E-state index in [4.69, 9.17) is 4.74 Å². The molecule has 24 heavy (non-hydrogen) atoms. The second kappa shape index (κ2) is 7.21. The van der Waals surface area contributed by atoms with E-state index in [1.54, 1.807) is 11.8 Å². The molecule has 0 spiro atoms. The Labute approximate surface area is 146 Å². The van der Waals surface area contributed by atoms with Gasteiger partial charge in [-0.1, -0.05) is 17.8 Å². The van der Waals surface area contributed by atoms with Gasteiger partial charge in [-0.15, -0.1) is 5.10 Å². The van der Waals surface area contributed by atoms with Crippen LogP contribution in [0.1, 0.15) is 33.3 Å². The van der Waals surface area contributed by atoms with Crippen molar-refractivity contribution < 1.29 is 9.53 Å². The first-order valence-electron chi connectivity index (χ1n) is 7.63. The van der Waals surface area contributed by atoms with Crippen LogP contribution in [0.2, 0.25) is 0 Å². The van der Waals surface area contributed by atoms with E-state index in [9.17, 15) is 4.79 Å². The fourth-order valence-corrected chi connectivity index (χ4v) is 3.02. The minimum atomic E-state index is -0.359. The number of tetrazole rings is 1. The van der Waals surface area contributed by atoms with E-state index in [1.807, 2.05) is 52.8 Å². The zero-order valence-electron chi connectivity index (χ0n) is 14.8. The molecule has 8 heteroatoms. The van der Waals surface area contributed by atoms with E-state index < -0.39 is 0 Å². The van der Waals surface area contributed by atoms with Crippen LogP contribution >= 0.6 is 11.8 Å². The SMILES string of the molecule is COc1ccc(C)cc1NC(=O)[C@@H](C)Sc1nnnn1C(C)(C)C. The summed E-state index contributed by atoms with van der Waals surface area (Å²) in [5.74, 6) is 0.498. The van der Waals surface area contributed by atoms with Crippen LogP contribution in [0.15, 0.2) is 23.4 Å². The van der Waals surface area contributed by atoms with Gasteiger partial charge in [0.25, 0.3) is 0 Å². The molecule has 1 amide bonds. The summed E-state index contributed by atoms with van der Waals surface area (Å²) in [4.78, 5) is 12.5. The molecule has 0 aliphatic heterocycles. The number of thioether (sulfide) groups is 1. The van der Waals surface area contributed by atoms with E-state index in [-0.39, 0.29) is 16.7 Å². The minimum absolute atomic E-state index is 0.132. The molecule has 1 N–H and O–H groups in total. The van der Waals surface area contributed by atoms with Crippen molar-refractivity contribution in [2.24, 2.45) is 0 Å². The lowest BCUT2D eigenvalue weighted by Gasteiger charge is -2.20. The number of carbonyl (C=O) groups excluding carboxylic acids is 1. The van der Waals surface area contributed by atoms with E-state index in [0.717, 1.165) is 5.56 Å². The quantitative estimate of drug-likeness (QED) is 0.836. The number of nitrogens with one attached hydrogen (secondary N) is 1. The molecule has 1 aromatic carbocycles. The van der Waals surface area contributed by atoms with Gasteiger partial charge in [-0.2, -0.15) is 0 Å². The molecular weight excluding hydrogens is 326 g/mol. The summed E-state index contributed by atoms with van der Waals surface area (Å²) in [6.07, 6.45) is 0. The van der Waals surface area contributed by atoms with Crippen LogP contribution in [0.3, 0.4) is 0 Å². The van der Waals surface area contributed by atoms with Crippen molar-refractivity contribution in [2.45, 2.75) is 50.6 Å². The average molecular weight is 349 g/mol. The average Bonchev–Trinajstić information content (AvgIpc) is 2.95. The van der Waals surface area contributed by atoms with Gasteiger partial charge in [0.05, 0.1) is 23.6 Å². The van der Waals surface area contributed by atoms with Gasteiger partial charge >= 0.3 is 0 Å². The highest BCUT2D eigenvalue weighted by Gasteiger charge is 2.24. The van der Waals surface area contributed by atoms with Crippen LogP contribution in [-0.4, -0.2) is 38.5 Å². The summed E-state index contributed by atoms with van der Waals surface area (Å²) in [6.45, 7) is 9.82. The number of ether oxygens (including phenoxy) is 1. The molecule has 0 bridgehead atoms. The van der Waals surface area contributed by atoms with Crippen LogP contribution in [0.25, 0.3) is 0 Å². The number of aryl methyl sites for hydroxylation is 1. The number of rotatable bonds is 5. The Bertz CT molecular complexity index is 723. The summed E-state index contributed by atoms with van der Waals surface area (Å²) in [5, 5.41) is 14.9. The summed E-state index contributed by atoms with van der Waals surface area (Å²) in [6, 6.07) is 5.65. The Morgan fingerprint density at radius 2 is 2.08 bits per heavy atom. The number of carbonyl (C=O) groups is 1. The first kappa shape index (κ1) is 18.3. The lowest BCUT2D eigenvalue weighted by atomic mass is 10.1. The van der Waals surface area contributed by atoms with Crippen molar-refractivity contribution in [1.29, 1.82) is 0 Å². The molecule has 2 rings (SSSR count). The number of anilines is 1. The number of benzene rings is 1. The maximum Gasteiger partial charge on any atom is 0.237 e. The summed E-state index contributed by atoms with van der Waals surface area (Å²) < 4.78 is 7.01. The Morgan fingerprint density at radius 3 is 2.71 bits per heavy atom. The lowest BCUT2D eigenvalue weighted by Crippen LogP contribution is -2.27. The third-order valence-corrected chi connectivity index (χ3v) is 4.37. The second-order valence-electron chi connectivity index (χ2n) is 6.50. The summed E-state index contributed by atoms with van der Waals surface area (Å²) in [5.41, 5.74) is 1.45. The first-order chi connectivity index (χ1) is 11.2. The zero-order chi connectivity index (χ0) is 17.9. The van der Waals surface area contributed by atoms with Gasteiger partial charge in [0.1, 0.15) is 5.75 Å². The zero-order valence-corrected chi connectivity index (χ0v) is 15.6. The van der Waals surface area contributed by atoms with Gasteiger partial charge in [0.2, 0.25) is 11.1 Å². The molecule has 0 aliphatic carbocycles. The largest absolute Gasteiger partial charge is 0.495 e. The molecule has 130 valence electrons. The molecule has 1 aromatic heterocycles. The van der Waals surface area contributed by atoms with Crippen molar-refractivity contribution >= 4 is 23.4 Å². The molecule has 0 unspecified atom stereocenters. The maximum atomic E-state index is 12.5. The molecule has 2 aromatic rings. The molecule has 0 saturated carbocycles. The fraction of sp³-hybridized carbons (Fsp3) is 0.500. The highest BCUT2D eigenvalue weighted by Crippen LogP contribution is 2.28. The Hall–Kier alpha value is -2.09. The van der Waals surface area contributed by atoms with Crippen LogP contribution in [-0.2, 0) is 10.3 Å². The molecule has 0 fully saturated rings. The monoisotopic (exact) mass is 349 g/mol. The van der Waals surface area contributed by atoms with Gasteiger partial charge in [0, 0.05) is 0 Å². The summed E-state index contributed by atoms with van der Waals surface area (Å²) in [7, 11) is 1.58. The smallest absolute Gasteiger partial charge is 0.237 e. The van der Waals surface area contributed by atoms with Crippen LogP contribution in [0.4, 0.5) is 5.69 Å². The van der Waals surface area contributed by atoms with Gasteiger partial charge in [-0.25, -0.2) is 4.68 Å². The van der Waals surface area contributed by atoms with E-state index in [0.29, 0.717) is 16.6 Å². The Balaban J connectivity index is 2.11. The lowest BCUT2D eigenvalue weighted by molar-refractivity contribution is -0.115. The predicted molar refractivity (Wildman–Crippen MR) is 94.5 cm³/mol. The number of hydrogen-bond acceptors (Lipinski definition) is 6. The second-order valence-corrected chi connectivity index (χ2v) is 7.81. The number of amides is 1. The molecule has 1 heterocycles. The molecule has 0 aliphatic rings. The van der Waals surface area contributed by atoms with Gasteiger partial charge in [-0.05, 0) is 62.7 Å². The molecule has 0 radical (unpaired) electrons. The number of nitrogens with zero attached hydrogens (tertiary/aromatic N) is 4. The maximum absolute atomic E-state index is 12.5. The normalized spacial score (nSPS) is 12.8. The molecule has 7 nitrogen and oxygen atoms in total. The van der Waals surface area contributed by atoms with E-state index in [2.05, 4.69) is 20.8 Å². The van der Waals surface area contributed by atoms with Crippen molar-refractivity contribution in [1.82, 2.24) is 20.2 Å².